The number of nitrogens with zero attached hydrogens (tertiary/aromatic N) is 3. The maximum Gasteiger partial charge on any atom is 0.230 e. The summed E-state index contributed by atoms with van der Waals surface area (Å²) in [4.78, 5) is 12.6. The van der Waals surface area contributed by atoms with Crippen LogP contribution < -0.4 is 5.32 Å². The SMILES string of the molecule is CC(C)Cn1c(SCC(=O)NC(C)C2CC3CCC2C3)nnc1-c1ccco1. The van der Waals surface area contributed by atoms with E-state index >= 15 is 0 Å². The summed E-state index contributed by atoms with van der Waals surface area (Å²) >= 11 is 1.45. The van der Waals surface area contributed by atoms with Gasteiger partial charge in [0, 0.05) is 12.6 Å². The van der Waals surface area contributed by atoms with Gasteiger partial charge < -0.3 is 9.73 Å². The molecule has 28 heavy (non-hydrogen) atoms. The number of aromatic nitrogens is 3. The van der Waals surface area contributed by atoms with Crippen molar-refractivity contribution in [3.8, 4) is 11.6 Å². The molecule has 2 aliphatic carbocycles. The van der Waals surface area contributed by atoms with Crippen LogP contribution in [0.15, 0.2) is 28.0 Å². The average molecular weight is 403 g/mol. The van der Waals surface area contributed by atoms with Crippen molar-refractivity contribution in [2.24, 2.45) is 23.7 Å². The molecule has 0 spiro atoms. The zero-order valence-electron chi connectivity index (χ0n) is 16.9. The molecule has 2 aliphatic rings. The molecule has 0 radical (unpaired) electrons. The van der Waals surface area contributed by atoms with Crippen molar-refractivity contribution >= 4 is 17.7 Å². The predicted octanol–water partition coefficient (Wildman–Crippen LogP) is 4.23. The highest BCUT2D eigenvalue weighted by Crippen LogP contribution is 2.49. The van der Waals surface area contributed by atoms with E-state index in [1.807, 2.05) is 12.1 Å². The first-order valence-corrected chi connectivity index (χ1v) is 11.4. The van der Waals surface area contributed by atoms with E-state index in [1.165, 1.54) is 37.4 Å². The third-order valence-corrected chi connectivity index (χ3v) is 7.13. The minimum Gasteiger partial charge on any atom is -0.461 e. The van der Waals surface area contributed by atoms with Crippen LogP contribution >= 0.6 is 11.8 Å². The molecule has 2 fully saturated rings. The number of thioether (sulfide) groups is 1. The normalized spacial score (nSPS) is 24.8. The lowest BCUT2D eigenvalue weighted by Crippen LogP contribution is -2.40. The van der Waals surface area contributed by atoms with Gasteiger partial charge in [-0.05, 0) is 62.0 Å². The Bertz CT molecular complexity index is 801. The summed E-state index contributed by atoms with van der Waals surface area (Å²) in [5.74, 6) is 4.68. The van der Waals surface area contributed by atoms with E-state index < -0.39 is 0 Å². The van der Waals surface area contributed by atoms with Gasteiger partial charge in [0.25, 0.3) is 0 Å². The minimum atomic E-state index is 0.0823. The molecule has 0 aliphatic heterocycles. The van der Waals surface area contributed by atoms with Crippen molar-refractivity contribution < 1.29 is 9.21 Å². The van der Waals surface area contributed by atoms with E-state index in [2.05, 4.69) is 40.9 Å². The lowest BCUT2D eigenvalue weighted by Gasteiger charge is -2.28. The lowest BCUT2D eigenvalue weighted by atomic mass is 9.84. The summed E-state index contributed by atoms with van der Waals surface area (Å²) < 4.78 is 7.56. The fourth-order valence-electron chi connectivity index (χ4n) is 4.95. The monoisotopic (exact) mass is 402 g/mol. The average Bonchev–Trinajstić information content (AvgIpc) is 3.43. The molecule has 4 atom stereocenters. The van der Waals surface area contributed by atoms with Crippen LogP contribution in [0.5, 0.6) is 0 Å². The highest BCUT2D eigenvalue weighted by atomic mass is 32.2. The van der Waals surface area contributed by atoms with Gasteiger partial charge in [0.1, 0.15) is 0 Å². The summed E-state index contributed by atoms with van der Waals surface area (Å²) in [6.07, 6.45) is 7.03. The van der Waals surface area contributed by atoms with Gasteiger partial charge in [-0.3, -0.25) is 9.36 Å². The summed E-state index contributed by atoms with van der Waals surface area (Å²) in [6, 6.07) is 4.00. The Hall–Kier alpha value is -1.76. The molecular weight excluding hydrogens is 372 g/mol. The first kappa shape index (κ1) is 19.6. The number of furan rings is 1. The van der Waals surface area contributed by atoms with Gasteiger partial charge in [-0.2, -0.15) is 0 Å². The van der Waals surface area contributed by atoms with Crippen molar-refractivity contribution in [1.29, 1.82) is 0 Å². The van der Waals surface area contributed by atoms with Gasteiger partial charge in [0.2, 0.25) is 5.91 Å². The summed E-state index contributed by atoms with van der Waals surface area (Å²) in [7, 11) is 0. The van der Waals surface area contributed by atoms with Crippen LogP contribution in [-0.4, -0.2) is 32.5 Å². The number of carbonyl (C=O) groups excluding carboxylic acids is 1. The van der Waals surface area contributed by atoms with E-state index in [0.717, 1.165) is 29.4 Å². The highest BCUT2D eigenvalue weighted by Gasteiger charge is 2.42. The molecule has 2 aromatic heterocycles. The van der Waals surface area contributed by atoms with Crippen molar-refractivity contribution in [2.45, 2.75) is 64.2 Å². The zero-order valence-corrected chi connectivity index (χ0v) is 17.7. The third kappa shape index (κ3) is 4.14. The third-order valence-electron chi connectivity index (χ3n) is 6.16. The molecule has 4 unspecified atom stereocenters. The molecule has 2 aromatic rings. The van der Waals surface area contributed by atoms with Crippen molar-refractivity contribution in [3.05, 3.63) is 18.4 Å². The summed E-state index contributed by atoms with van der Waals surface area (Å²) in [5, 5.41) is 12.6. The van der Waals surface area contributed by atoms with Gasteiger partial charge in [-0.25, -0.2) is 0 Å². The van der Waals surface area contributed by atoms with E-state index in [-0.39, 0.29) is 11.9 Å². The number of hydrogen-bond acceptors (Lipinski definition) is 5. The molecule has 7 heteroatoms. The Morgan fingerprint density at radius 3 is 2.82 bits per heavy atom. The molecule has 1 amide bonds. The number of nitrogens with one attached hydrogen (secondary N) is 1. The fourth-order valence-corrected chi connectivity index (χ4v) is 5.71. The van der Waals surface area contributed by atoms with E-state index in [0.29, 0.717) is 23.3 Å². The van der Waals surface area contributed by atoms with Crippen LogP contribution in [0.25, 0.3) is 11.6 Å². The molecule has 6 nitrogen and oxygen atoms in total. The van der Waals surface area contributed by atoms with Crippen LogP contribution in [0.3, 0.4) is 0 Å². The highest BCUT2D eigenvalue weighted by molar-refractivity contribution is 7.99. The molecule has 0 saturated heterocycles. The molecule has 0 aromatic carbocycles. The number of carbonyl (C=O) groups is 1. The quantitative estimate of drug-likeness (QED) is 0.669. The van der Waals surface area contributed by atoms with Gasteiger partial charge >= 0.3 is 0 Å². The minimum absolute atomic E-state index is 0.0823. The molecule has 152 valence electrons. The molecule has 2 bridgehead atoms. The molecule has 2 heterocycles. The number of rotatable bonds is 8. The van der Waals surface area contributed by atoms with Crippen LogP contribution in [0.4, 0.5) is 0 Å². The van der Waals surface area contributed by atoms with Crippen molar-refractivity contribution in [3.63, 3.8) is 0 Å². The fraction of sp³-hybridized carbons (Fsp3) is 0.667. The van der Waals surface area contributed by atoms with Crippen molar-refractivity contribution in [1.82, 2.24) is 20.1 Å². The Balaban J connectivity index is 1.37. The Morgan fingerprint density at radius 1 is 1.32 bits per heavy atom. The number of amides is 1. The van der Waals surface area contributed by atoms with Crippen LogP contribution in [0, 0.1) is 23.7 Å². The number of hydrogen-bond donors (Lipinski definition) is 1. The summed E-state index contributed by atoms with van der Waals surface area (Å²) in [6.45, 7) is 7.27. The van der Waals surface area contributed by atoms with Crippen LogP contribution in [0.1, 0.15) is 46.5 Å². The largest absolute Gasteiger partial charge is 0.461 e. The van der Waals surface area contributed by atoms with Gasteiger partial charge in [-0.15, -0.1) is 10.2 Å². The molecule has 2 saturated carbocycles. The lowest BCUT2D eigenvalue weighted by molar-refractivity contribution is -0.119. The van der Waals surface area contributed by atoms with Gasteiger partial charge in [0.15, 0.2) is 16.7 Å². The zero-order chi connectivity index (χ0) is 19.7. The first-order chi connectivity index (χ1) is 13.5. The first-order valence-electron chi connectivity index (χ1n) is 10.4. The predicted molar refractivity (Wildman–Crippen MR) is 110 cm³/mol. The molecular formula is C21H30N4O2S. The maximum atomic E-state index is 12.6. The topological polar surface area (TPSA) is 73.0 Å². The maximum absolute atomic E-state index is 12.6. The van der Waals surface area contributed by atoms with E-state index in [4.69, 9.17) is 4.42 Å². The Kier molecular flexibility index (Phi) is 5.80. The second-order valence-corrected chi connectivity index (χ2v) is 9.71. The Labute approximate surface area is 170 Å². The standard InChI is InChI=1S/C21H30N4O2S/c1-13(2)11-25-20(18-5-4-8-27-18)23-24-21(25)28-12-19(26)22-14(3)17-10-15-6-7-16(17)9-15/h4-5,8,13-17H,6-7,9-12H2,1-3H3,(H,22,26). The van der Waals surface area contributed by atoms with E-state index in [1.54, 1.807) is 6.26 Å². The second kappa shape index (κ2) is 8.31. The van der Waals surface area contributed by atoms with Crippen LogP contribution in [-0.2, 0) is 11.3 Å². The van der Waals surface area contributed by atoms with Gasteiger partial charge in [0.05, 0.1) is 12.0 Å². The molecule has 1 N–H and O–H groups in total. The van der Waals surface area contributed by atoms with E-state index in [9.17, 15) is 4.79 Å². The van der Waals surface area contributed by atoms with Gasteiger partial charge in [-0.1, -0.05) is 32.0 Å². The summed E-state index contributed by atoms with van der Waals surface area (Å²) in [5.41, 5.74) is 0. The van der Waals surface area contributed by atoms with Crippen molar-refractivity contribution in [2.75, 3.05) is 5.75 Å². The Morgan fingerprint density at radius 2 is 2.18 bits per heavy atom. The molecule has 4 rings (SSSR count). The number of fused-ring (bicyclic) bond motifs is 2. The second-order valence-electron chi connectivity index (χ2n) is 8.77. The smallest absolute Gasteiger partial charge is 0.230 e. The van der Waals surface area contributed by atoms with Crippen LogP contribution in [0.2, 0.25) is 0 Å².